The molecule has 0 bridgehead atoms. The van der Waals surface area contributed by atoms with Crippen molar-refractivity contribution in [3.63, 3.8) is 0 Å². The molecule has 0 atom stereocenters. The van der Waals surface area contributed by atoms with Gasteiger partial charge in [0.15, 0.2) is 0 Å². The summed E-state index contributed by atoms with van der Waals surface area (Å²) in [4.78, 5) is 16.9. The summed E-state index contributed by atoms with van der Waals surface area (Å²) in [6.07, 6.45) is 4.36. The van der Waals surface area contributed by atoms with Crippen LogP contribution in [-0.4, -0.2) is 36.1 Å². The van der Waals surface area contributed by atoms with Crippen LogP contribution in [0.4, 0.5) is 4.79 Å². The maximum atomic E-state index is 11.4. The third-order valence-corrected chi connectivity index (χ3v) is 2.26. The fourth-order valence-corrected chi connectivity index (χ4v) is 1.14. The van der Waals surface area contributed by atoms with E-state index in [2.05, 4.69) is 10.3 Å². The molecule has 0 aliphatic rings. The van der Waals surface area contributed by atoms with Crippen LogP contribution in [0.2, 0.25) is 0 Å². The van der Waals surface area contributed by atoms with Crippen LogP contribution in [0.15, 0.2) is 24.5 Å². The topological polar surface area (TPSA) is 45.2 Å². The van der Waals surface area contributed by atoms with Crippen molar-refractivity contribution in [3.8, 4) is 0 Å². The zero-order chi connectivity index (χ0) is 11.1. The van der Waals surface area contributed by atoms with Crippen molar-refractivity contribution in [1.82, 2.24) is 15.2 Å². The summed E-state index contributed by atoms with van der Waals surface area (Å²) in [6, 6.07) is 3.89. The van der Waals surface area contributed by atoms with Crippen LogP contribution >= 0.6 is 0 Å². The summed E-state index contributed by atoms with van der Waals surface area (Å²) in [5.41, 5.74) is 1.18. The second-order valence-electron chi connectivity index (χ2n) is 3.35. The number of urea groups is 1. The Morgan fingerprint density at radius 2 is 2.13 bits per heavy atom. The summed E-state index contributed by atoms with van der Waals surface area (Å²) in [7, 11) is 1.78. The first-order chi connectivity index (χ1) is 7.24. The summed E-state index contributed by atoms with van der Waals surface area (Å²) in [6.45, 7) is 3.33. The van der Waals surface area contributed by atoms with Crippen LogP contribution in [-0.2, 0) is 6.42 Å². The van der Waals surface area contributed by atoms with Gasteiger partial charge < -0.3 is 10.2 Å². The van der Waals surface area contributed by atoms with Crippen molar-refractivity contribution in [2.24, 2.45) is 0 Å². The summed E-state index contributed by atoms with van der Waals surface area (Å²) < 4.78 is 0. The SMILES string of the molecule is CCN(C)C(=O)NCCc1ccncc1. The normalized spacial score (nSPS) is 9.73. The second kappa shape index (κ2) is 6.01. The highest BCUT2D eigenvalue weighted by atomic mass is 16.2. The molecule has 1 aromatic rings. The lowest BCUT2D eigenvalue weighted by Gasteiger charge is -2.15. The zero-order valence-corrected chi connectivity index (χ0v) is 9.23. The molecule has 0 unspecified atom stereocenters. The van der Waals surface area contributed by atoms with E-state index in [0.717, 1.165) is 13.0 Å². The van der Waals surface area contributed by atoms with Gasteiger partial charge in [-0.3, -0.25) is 4.98 Å². The summed E-state index contributed by atoms with van der Waals surface area (Å²) in [5, 5.41) is 2.85. The summed E-state index contributed by atoms with van der Waals surface area (Å²) >= 11 is 0. The van der Waals surface area contributed by atoms with Crippen LogP contribution < -0.4 is 5.32 Å². The molecule has 0 spiro atoms. The number of amides is 2. The number of hydrogen-bond donors (Lipinski definition) is 1. The Bertz CT molecular complexity index is 300. The number of nitrogens with zero attached hydrogens (tertiary/aromatic N) is 2. The van der Waals surface area contributed by atoms with Gasteiger partial charge in [0.25, 0.3) is 0 Å². The van der Waals surface area contributed by atoms with E-state index in [1.807, 2.05) is 19.1 Å². The van der Waals surface area contributed by atoms with Gasteiger partial charge in [-0.05, 0) is 31.0 Å². The lowest BCUT2D eigenvalue weighted by atomic mass is 10.2. The van der Waals surface area contributed by atoms with Gasteiger partial charge in [-0.1, -0.05) is 0 Å². The first-order valence-electron chi connectivity index (χ1n) is 5.12. The Morgan fingerprint density at radius 1 is 1.47 bits per heavy atom. The van der Waals surface area contributed by atoms with E-state index >= 15 is 0 Å². The van der Waals surface area contributed by atoms with Crippen LogP contribution in [0, 0.1) is 0 Å². The average Bonchev–Trinajstić information content (AvgIpc) is 2.29. The highest BCUT2D eigenvalue weighted by Gasteiger charge is 2.03. The molecule has 1 heterocycles. The Labute approximate surface area is 90.3 Å². The van der Waals surface area contributed by atoms with E-state index < -0.39 is 0 Å². The molecule has 0 saturated heterocycles. The smallest absolute Gasteiger partial charge is 0.317 e. The van der Waals surface area contributed by atoms with Gasteiger partial charge in [0.1, 0.15) is 0 Å². The van der Waals surface area contributed by atoms with Gasteiger partial charge in [0.05, 0.1) is 0 Å². The van der Waals surface area contributed by atoms with E-state index in [4.69, 9.17) is 0 Å². The molecule has 0 aliphatic carbocycles. The van der Waals surface area contributed by atoms with Crippen molar-refractivity contribution in [1.29, 1.82) is 0 Å². The number of pyridine rings is 1. The Hall–Kier alpha value is -1.58. The Balaban J connectivity index is 2.25. The van der Waals surface area contributed by atoms with Crippen LogP contribution in [0.5, 0.6) is 0 Å². The first-order valence-corrected chi connectivity index (χ1v) is 5.12. The van der Waals surface area contributed by atoms with Crippen molar-refractivity contribution in [3.05, 3.63) is 30.1 Å². The lowest BCUT2D eigenvalue weighted by molar-refractivity contribution is 0.211. The quantitative estimate of drug-likeness (QED) is 0.808. The summed E-state index contributed by atoms with van der Waals surface area (Å²) in [5.74, 6) is 0. The number of rotatable bonds is 4. The third-order valence-electron chi connectivity index (χ3n) is 2.26. The van der Waals surface area contributed by atoms with Crippen molar-refractivity contribution < 1.29 is 4.79 Å². The van der Waals surface area contributed by atoms with Crippen molar-refractivity contribution in [2.45, 2.75) is 13.3 Å². The second-order valence-corrected chi connectivity index (χ2v) is 3.35. The van der Waals surface area contributed by atoms with Gasteiger partial charge in [-0.25, -0.2) is 4.79 Å². The molecular formula is C11H17N3O. The lowest BCUT2D eigenvalue weighted by Crippen LogP contribution is -2.37. The van der Waals surface area contributed by atoms with Gasteiger partial charge in [-0.15, -0.1) is 0 Å². The number of nitrogens with one attached hydrogen (secondary N) is 1. The third kappa shape index (κ3) is 3.97. The predicted octanol–water partition coefficient (Wildman–Crippen LogP) is 1.29. The van der Waals surface area contributed by atoms with Gasteiger partial charge in [-0.2, -0.15) is 0 Å². The van der Waals surface area contributed by atoms with Crippen molar-refractivity contribution in [2.75, 3.05) is 20.1 Å². The Kier molecular flexibility index (Phi) is 4.60. The molecule has 0 aliphatic heterocycles. The minimum atomic E-state index is -0.0217. The molecule has 1 rings (SSSR count). The molecular weight excluding hydrogens is 190 g/mol. The molecule has 0 saturated carbocycles. The number of carbonyl (C=O) groups excluding carboxylic acids is 1. The molecule has 0 radical (unpaired) electrons. The molecule has 15 heavy (non-hydrogen) atoms. The maximum Gasteiger partial charge on any atom is 0.317 e. The minimum Gasteiger partial charge on any atom is -0.338 e. The minimum absolute atomic E-state index is 0.0217. The molecule has 4 nitrogen and oxygen atoms in total. The highest BCUT2D eigenvalue weighted by Crippen LogP contribution is 1.96. The first kappa shape index (κ1) is 11.5. The maximum absolute atomic E-state index is 11.4. The fraction of sp³-hybridized carbons (Fsp3) is 0.455. The molecule has 4 heteroatoms. The number of aromatic nitrogens is 1. The fourth-order valence-electron chi connectivity index (χ4n) is 1.14. The standard InChI is InChI=1S/C11H17N3O/c1-3-14(2)11(15)13-9-6-10-4-7-12-8-5-10/h4-5,7-8H,3,6,9H2,1-2H3,(H,13,15). The van der Waals surface area contributed by atoms with E-state index in [0.29, 0.717) is 6.54 Å². The molecule has 0 fully saturated rings. The molecule has 2 amide bonds. The van der Waals surface area contributed by atoms with Crippen LogP contribution in [0.25, 0.3) is 0 Å². The molecule has 1 aromatic heterocycles. The predicted molar refractivity (Wildman–Crippen MR) is 59.6 cm³/mol. The average molecular weight is 207 g/mol. The van der Waals surface area contributed by atoms with Gasteiger partial charge >= 0.3 is 6.03 Å². The number of hydrogen-bond acceptors (Lipinski definition) is 2. The van der Waals surface area contributed by atoms with Gasteiger partial charge in [0, 0.05) is 32.5 Å². The molecule has 82 valence electrons. The van der Waals surface area contributed by atoms with E-state index in [1.54, 1.807) is 24.3 Å². The van der Waals surface area contributed by atoms with Crippen LogP contribution in [0.1, 0.15) is 12.5 Å². The van der Waals surface area contributed by atoms with Crippen LogP contribution in [0.3, 0.4) is 0 Å². The monoisotopic (exact) mass is 207 g/mol. The van der Waals surface area contributed by atoms with Crippen molar-refractivity contribution >= 4 is 6.03 Å². The largest absolute Gasteiger partial charge is 0.338 e. The Morgan fingerprint density at radius 3 is 2.73 bits per heavy atom. The van der Waals surface area contributed by atoms with E-state index in [-0.39, 0.29) is 6.03 Å². The van der Waals surface area contributed by atoms with Gasteiger partial charge in [0.2, 0.25) is 0 Å². The van der Waals surface area contributed by atoms with E-state index in [9.17, 15) is 4.79 Å². The number of carbonyl (C=O) groups is 1. The highest BCUT2D eigenvalue weighted by molar-refractivity contribution is 5.73. The zero-order valence-electron chi connectivity index (χ0n) is 9.23. The molecule has 1 N–H and O–H groups in total. The molecule has 0 aromatic carbocycles. The van der Waals surface area contributed by atoms with E-state index in [1.165, 1.54) is 5.56 Å².